The summed E-state index contributed by atoms with van der Waals surface area (Å²) in [4.78, 5) is 34.6. The summed E-state index contributed by atoms with van der Waals surface area (Å²) in [7, 11) is 0. The van der Waals surface area contributed by atoms with E-state index in [1.54, 1.807) is 11.3 Å². The molecule has 2 saturated carbocycles. The summed E-state index contributed by atoms with van der Waals surface area (Å²) in [5.74, 6) is -1.96. The Morgan fingerprint density at radius 2 is 1.82 bits per heavy atom. The molecule has 0 amide bonds. The molecule has 3 unspecified atom stereocenters. The molecule has 3 nitrogen and oxygen atoms in total. The predicted octanol–water partition coefficient (Wildman–Crippen LogP) is 1.97. The molecule has 1 aromatic heterocycles. The number of fused-ring (bicyclic) bond motifs is 1. The van der Waals surface area contributed by atoms with Gasteiger partial charge >= 0.3 is 0 Å². The van der Waals surface area contributed by atoms with Gasteiger partial charge < -0.3 is 0 Å². The van der Waals surface area contributed by atoms with E-state index in [0.717, 1.165) is 6.42 Å². The standard InChI is InChI=1S/C13H12O3S/c14-11-9-2-1-7(8-3-4-17-6-8)5-10(9)12(15)13(11)16/h3-4,6-7,9-10H,1-2,5H2. The van der Waals surface area contributed by atoms with Crippen LogP contribution in [0.2, 0.25) is 0 Å². The summed E-state index contributed by atoms with van der Waals surface area (Å²) in [5, 5.41) is 4.11. The minimum absolute atomic E-state index is 0.315. The van der Waals surface area contributed by atoms with Crippen LogP contribution in [0.25, 0.3) is 0 Å². The topological polar surface area (TPSA) is 51.2 Å². The SMILES string of the molecule is O=C1C(=O)C2CCC(c3ccsc3)CC2C1=O. The number of Topliss-reactive ketones (excluding diaryl/α,β-unsaturated/α-hetero) is 3. The third kappa shape index (κ3) is 1.59. The first-order valence-electron chi connectivity index (χ1n) is 5.83. The fraction of sp³-hybridized carbons (Fsp3) is 0.462. The van der Waals surface area contributed by atoms with E-state index in [2.05, 4.69) is 11.4 Å². The van der Waals surface area contributed by atoms with Gasteiger partial charge in [-0.3, -0.25) is 14.4 Å². The van der Waals surface area contributed by atoms with E-state index in [9.17, 15) is 14.4 Å². The van der Waals surface area contributed by atoms with Gasteiger partial charge in [0, 0.05) is 11.8 Å². The largest absolute Gasteiger partial charge is 0.290 e. The molecule has 0 aliphatic heterocycles. The number of carbonyl (C=O) groups is 3. The second-order valence-electron chi connectivity index (χ2n) is 4.84. The van der Waals surface area contributed by atoms with E-state index in [1.807, 2.05) is 5.38 Å². The number of rotatable bonds is 1. The number of thiophene rings is 1. The van der Waals surface area contributed by atoms with Gasteiger partial charge in [0.15, 0.2) is 0 Å². The van der Waals surface area contributed by atoms with Gasteiger partial charge in [-0.05, 0) is 47.6 Å². The van der Waals surface area contributed by atoms with E-state index in [-0.39, 0.29) is 11.8 Å². The quantitative estimate of drug-likeness (QED) is 0.714. The van der Waals surface area contributed by atoms with Crippen LogP contribution in [0.5, 0.6) is 0 Å². The predicted molar refractivity (Wildman–Crippen MR) is 62.9 cm³/mol. The second-order valence-corrected chi connectivity index (χ2v) is 5.62. The van der Waals surface area contributed by atoms with Crippen LogP contribution in [-0.2, 0) is 14.4 Å². The fourth-order valence-corrected chi connectivity index (χ4v) is 3.78. The summed E-state index contributed by atoms with van der Waals surface area (Å²) in [6, 6.07) is 2.07. The number of hydrogen-bond donors (Lipinski definition) is 0. The van der Waals surface area contributed by atoms with Gasteiger partial charge in [-0.2, -0.15) is 11.3 Å². The lowest BCUT2D eigenvalue weighted by Crippen LogP contribution is -2.25. The summed E-state index contributed by atoms with van der Waals surface area (Å²) in [6.45, 7) is 0. The molecule has 1 aromatic rings. The highest BCUT2D eigenvalue weighted by Gasteiger charge is 2.50. The third-order valence-electron chi connectivity index (χ3n) is 3.99. The molecule has 0 saturated heterocycles. The molecule has 4 heteroatoms. The molecule has 0 N–H and O–H groups in total. The molecule has 0 spiro atoms. The van der Waals surface area contributed by atoms with E-state index in [0.29, 0.717) is 18.8 Å². The summed E-state index contributed by atoms with van der Waals surface area (Å²) >= 11 is 1.64. The van der Waals surface area contributed by atoms with Gasteiger partial charge in [-0.15, -0.1) is 0 Å². The average Bonchev–Trinajstić information content (AvgIpc) is 2.94. The van der Waals surface area contributed by atoms with Gasteiger partial charge in [0.05, 0.1) is 0 Å². The second kappa shape index (κ2) is 3.88. The Morgan fingerprint density at radius 1 is 1.06 bits per heavy atom. The highest BCUT2D eigenvalue weighted by molar-refractivity contribution is 7.08. The molecular weight excluding hydrogens is 236 g/mol. The first-order valence-corrected chi connectivity index (χ1v) is 6.77. The van der Waals surface area contributed by atoms with Gasteiger partial charge in [0.25, 0.3) is 5.78 Å². The third-order valence-corrected chi connectivity index (χ3v) is 4.69. The molecule has 2 fully saturated rings. The van der Waals surface area contributed by atoms with Crippen molar-refractivity contribution in [1.29, 1.82) is 0 Å². The number of ketones is 3. The smallest absolute Gasteiger partial charge is 0.264 e. The van der Waals surface area contributed by atoms with Crippen LogP contribution < -0.4 is 0 Å². The van der Waals surface area contributed by atoms with Gasteiger partial charge in [0.2, 0.25) is 11.6 Å². The first-order chi connectivity index (χ1) is 8.18. The normalized spacial score (nSPS) is 32.9. The Balaban J connectivity index is 1.85. The highest BCUT2D eigenvalue weighted by atomic mass is 32.1. The first kappa shape index (κ1) is 10.8. The molecule has 1 heterocycles. The van der Waals surface area contributed by atoms with Crippen LogP contribution in [-0.4, -0.2) is 17.3 Å². The van der Waals surface area contributed by atoms with Gasteiger partial charge in [-0.25, -0.2) is 0 Å². The lowest BCUT2D eigenvalue weighted by atomic mass is 9.73. The van der Waals surface area contributed by atoms with Crippen LogP contribution in [0.15, 0.2) is 16.8 Å². The van der Waals surface area contributed by atoms with E-state index in [1.165, 1.54) is 5.56 Å². The molecule has 0 radical (unpaired) electrons. The van der Waals surface area contributed by atoms with E-state index < -0.39 is 17.3 Å². The average molecular weight is 248 g/mol. The maximum Gasteiger partial charge on any atom is 0.264 e. The van der Waals surface area contributed by atoms with Crippen LogP contribution in [0.1, 0.15) is 30.7 Å². The van der Waals surface area contributed by atoms with Crippen LogP contribution in [0.3, 0.4) is 0 Å². The van der Waals surface area contributed by atoms with E-state index >= 15 is 0 Å². The molecule has 2 aliphatic rings. The molecule has 0 aromatic carbocycles. The Bertz CT molecular complexity index is 489. The van der Waals surface area contributed by atoms with Crippen molar-refractivity contribution in [2.75, 3.05) is 0 Å². The minimum atomic E-state index is -0.758. The highest BCUT2D eigenvalue weighted by Crippen LogP contribution is 2.43. The molecule has 3 rings (SSSR count). The minimum Gasteiger partial charge on any atom is -0.290 e. The Kier molecular flexibility index (Phi) is 2.47. The molecule has 2 aliphatic carbocycles. The maximum absolute atomic E-state index is 11.7. The lowest BCUT2D eigenvalue weighted by Gasteiger charge is -2.28. The van der Waals surface area contributed by atoms with Crippen molar-refractivity contribution in [2.24, 2.45) is 11.8 Å². The summed E-state index contributed by atoms with van der Waals surface area (Å²) in [6.07, 6.45) is 2.25. The molecule has 0 bridgehead atoms. The van der Waals surface area contributed by atoms with Crippen molar-refractivity contribution in [2.45, 2.75) is 25.2 Å². The molecular formula is C13H12O3S. The van der Waals surface area contributed by atoms with Crippen molar-refractivity contribution in [3.8, 4) is 0 Å². The van der Waals surface area contributed by atoms with E-state index in [4.69, 9.17) is 0 Å². The zero-order valence-electron chi connectivity index (χ0n) is 9.22. The molecule has 3 atom stereocenters. The fourth-order valence-electron chi connectivity index (χ4n) is 3.04. The number of hydrogen-bond acceptors (Lipinski definition) is 4. The lowest BCUT2D eigenvalue weighted by molar-refractivity contribution is -0.141. The van der Waals surface area contributed by atoms with Crippen molar-refractivity contribution < 1.29 is 14.4 Å². The molecule has 17 heavy (non-hydrogen) atoms. The van der Waals surface area contributed by atoms with Crippen molar-refractivity contribution in [3.05, 3.63) is 22.4 Å². The van der Waals surface area contributed by atoms with Crippen molar-refractivity contribution >= 4 is 28.7 Å². The maximum atomic E-state index is 11.7. The van der Waals surface area contributed by atoms with Crippen molar-refractivity contribution in [1.82, 2.24) is 0 Å². The zero-order chi connectivity index (χ0) is 12.0. The Labute approximate surface area is 103 Å². The zero-order valence-corrected chi connectivity index (χ0v) is 10.0. The summed E-state index contributed by atoms with van der Waals surface area (Å²) < 4.78 is 0. The Morgan fingerprint density at radius 3 is 2.53 bits per heavy atom. The number of carbonyl (C=O) groups excluding carboxylic acids is 3. The van der Waals surface area contributed by atoms with Crippen LogP contribution in [0, 0.1) is 11.8 Å². The monoisotopic (exact) mass is 248 g/mol. The summed E-state index contributed by atoms with van der Waals surface area (Å²) in [5.41, 5.74) is 1.24. The Hall–Kier alpha value is -1.29. The van der Waals surface area contributed by atoms with Gasteiger partial charge in [0.1, 0.15) is 0 Å². The van der Waals surface area contributed by atoms with Crippen LogP contribution in [0.4, 0.5) is 0 Å². The van der Waals surface area contributed by atoms with Crippen LogP contribution >= 0.6 is 11.3 Å². The van der Waals surface area contributed by atoms with Gasteiger partial charge in [-0.1, -0.05) is 0 Å². The van der Waals surface area contributed by atoms with Crippen molar-refractivity contribution in [3.63, 3.8) is 0 Å². The molecule has 88 valence electrons.